The highest BCUT2D eigenvalue weighted by Gasteiger charge is 2.08. The van der Waals surface area contributed by atoms with Crippen molar-refractivity contribution in [1.82, 2.24) is 15.4 Å². The number of amides is 1. The molecule has 118 valence electrons. The molecule has 0 saturated carbocycles. The van der Waals surface area contributed by atoms with Crippen LogP contribution in [-0.2, 0) is 16.6 Å². The highest BCUT2D eigenvalue weighted by atomic mass is 32.2. The Morgan fingerprint density at radius 1 is 1.24 bits per heavy atom. The van der Waals surface area contributed by atoms with Gasteiger partial charge in [0.15, 0.2) is 0 Å². The van der Waals surface area contributed by atoms with Gasteiger partial charge in [-0.2, -0.15) is 0 Å². The van der Waals surface area contributed by atoms with Crippen LogP contribution in [0.5, 0.6) is 0 Å². The van der Waals surface area contributed by atoms with Crippen molar-refractivity contribution >= 4 is 15.9 Å². The molecule has 0 heterocycles. The zero-order chi connectivity index (χ0) is 15.9. The first-order chi connectivity index (χ1) is 9.88. The average Bonchev–Trinajstić information content (AvgIpc) is 2.50. The number of nitrogens with one attached hydrogen (secondary N) is 3. The fraction of sp³-hybridized carbons (Fsp3) is 0.500. The van der Waals surface area contributed by atoms with Crippen LogP contribution < -0.4 is 15.4 Å². The molecular formula is C14H23N3O3S. The zero-order valence-electron chi connectivity index (χ0n) is 12.6. The molecule has 6 nitrogen and oxygen atoms in total. The van der Waals surface area contributed by atoms with Crippen molar-refractivity contribution in [3.8, 4) is 0 Å². The standard InChI is InChI=1S/C14H23N3O3S/c1-4-21(19,20)17-10-12-5-7-13(8-6-12)14(18)16-9-11(2)15-3/h5-8,11,15,17H,4,9-10H2,1-3H3,(H,16,18). The molecule has 0 spiro atoms. The third-order valence-electron chi connectivity index (χ3n) is 3.15. The number of hydrogen-bond donors (Lipinski definition) is 3. The monoisotopic (exact) mass is 313 g/mol. The first-order valence-electron chi connectivity index (χ1n) is 6.89. The Kier molecular flexibility index (Phi) is 6.80. The first kappa shape index (κ1) is 17.6. The second-order valence-electron chi connectivity index (χ2n) is 4.82. The van der Waals surface area contributed by atoms with E-state index < -0.39 is 10.0 Å². The number of rotatable bonds is 8. The molecule has 0 aliphatic heterocycles. The smallest absolute Gasteiger partial charge is 0.251 e. The summed E-state index contributed by atoms with van der Waals surface area (Å²) >= 11 is 0. The Hall–Kier alpha value is -1.44. The molecule has 0 bridgehead atoms. The third kappa shape index (κ3) is 6.24. The van der Waals surface area contributed by atoms with Crippen molar-refractivity contribution in [2.75, 3.05) is 19.3 Å². The summed E-state index contributed by atoms with van der Waals surface area (Å²) in [5, 5.41) is 5.86. The molecule has 0 aromatic heterocycles. The summed E-state index contributed by atoms with van der Waals surface area (Å²) in [6, 6.07) is 7.07. The van der Waals surface area contributed by atoms with Crippen molar-refractivity contribution in [2.45, 2.75) is 26.4 Å². The van der Waals surface area contributed by atoms with E-state index in [9.17, 15) is 13.2 Å². The van der Waals surface area contributed by atoms with E-state index in [1.807, 2.05) is 14.0 Å². The highest BCUT2D eigenvalue weighted by Crippen LogP contribution is 2.05. The number of sulfonamides is 1. The predicted octanol–water partition coefficient (Wildman–Crippen LogP) is 0.464. The van der Waals surface area contributed by atoms with Gasteiger partial charge in [0.05, 0.1) is 5.75 Å². The van der Waals surface area contributed by atoms with Gasteiger partial charge in [-0.15, -0.1) is 0 Å². The largest absolute Gasteiger partial charge is 0.350 e. The summed E-state index contributed by atoms with van der Waals surface area (Å²) in [5.74, 6) is -0.0882. The summed E-state index contributed by atoms with van der Waals surface area (Å²) < 4.78 is 25.2. The Morgan fingerprint density at radius 3 is 2.38 bits per heavy atom. The Bertz CT molecular complexity index is 555. The quantitative estimate of drug-likeness (QED) is 0.651. The number of carbonyl (C=O) groups is 1. The van der Waals surface area contributed by atoms with E-state index in [0.29, 0.717) is 12.1 Å². The fourth-order valence-electron chi connectivity index (χ4n) is 1.52. The average molecular weight is 313 g/mol. The van der Waals surface area contributed by atoms with E-state index in [2.05, 4.69) is 15.4 Å². The summed E-state index contributed by atoms with van der Waals surface area (Å²) in [5.41, 5.74) is 1.37. The van der Waals surface area contributed by atoms with Crippen molar-refractivity contribution in [1.29, 1.82) is 0 Å². The lowest BCUT2D eigenvalue weighted by Gasteiger charge is -2.11. The molecule has 1 atom stereocenters. The van der Waals surface area contributed by atoms with Crippen LogP contribution in [0.25, 0.3) is 0 Å². The summed E-state index contributed by atoms with van der Waals surface area (Å²) in [6.45, 7) is 4.34. The fourth-order valence-corrected chi connectivity index (χ4v) is 2.11. The molecule has 3 N–H and O–H groups in total. The molecule has 0 aliphatic rings. The topological polar surface area (TPSA) is 87.3 Å². The summed E-state index contributed by atoms with van der Waals surface area (Å²) in [7, 11) is -1.37. The van der Waals surface area contributed by atoms with Gasteiger partial charge < -0.3 is 10.6 Å². The van der Waals surface area contributed by atoms with Crippen LogP contribution in [-0.4, -0.2) is 39.7 Å². The van der Waals surface area contributed by atoms with E-state index in [0.717, 1.165) is 5.56 Å². The van der Waals surface area contributed by atoms with Gasteiger partial charge in [0.1, 0.15) is 0 Å². The number of likely N-dealkylation sites (N-methyl/N-ethyl adjacent to an activating group) is 1. The lowest BCUT2D eigenvalue weighted by Crippen LogP contribution is -2.37. The summed E-state index contributed by atoms with van der Waals surface area (Å²) in [6.07, 6.45) is 0. The van der Waals surface area contributed by atoms with E-state index in [1.165, 1.54) is 0 Å². The predicted molar refractivity (Wildman–Crippen MR) is 83.6 cm³/mol. The van der Waals surface area contributed by atoms with Gasteiger partial charge in [-0.05, 0) is 38.6 Å². The van der Waals surface area contributed by atoms with Crippen LogP contribution in [0.4, 0.5) is 0 Å². The zero-order valence-corrected chi connectivity index (χ0v) is 13.5. The molecule has 0 saturated heterocycles. The van der Waals surface area contributed by atoms with E-state index in [-0.39, 0.29) is 24.2 Å². The molecule has 1 unspecified atom stereocenters. The van der Waals surface area contributed by atoms with Crippen LogP contribution in [0.3, 0.4) is 0 Å². The molecule has 21 heavy (non-hydrogen) atoms. The maximum atomic E-state index is 11.9. The minimum atomic E-state index is -3.20. The van der Waals surface area contributed by atoms with Crippen LogP contribution in [0.15, 0.2) is 24.3 Å². The molecule has 1 rings (SSSR count). The van der Waals surface area contributed by atoms with E-state index in [4.69, 9.17) is 0 Å². The van der Waals surface area contributed by atoms with Crippen LogP contribution in [0.2, 0.25) is 0 Å². The molecule has 7 heteroatoms. The Balaban J connectivity index is 2.55. The number of carbonyl (C=O) groups excluding carboxylic acids is 1. The molecular weight excluding hydrogens is 290 g/mol. The van der Waals surface area contributed by atoms with Crippen molar-refractivity contribution < 1.29 is 13.2 Å². The van der Waals surface area contributed by atoms with Crippen molar-refractivity contribution in [3.05, 3.63) is 35.4 Å². The number of benzene rings is 1. The first-order valence-corrected chi connectivity index (χ1v) is 8.55. The normalized spacial score (nSPS) is 12.9. The molecule has 0 aliphatic carbocycles. The minimum absolute atomic E-state index is 0.0527. The highest BCUT2D eigenvalue weighted by molar-refractivity contribution is 7.89. The van der Waals surface area contributed by atoms with Crippen molar-refractivity contribution in [2.24, 2.45) is 0 Å². The van der Waals surface area contributed by atoms with E-state index >= 15 is 0 Å². The van der Waals surface area contributed by atoms with Gasteiger partial charge in [-0.25, -0.2) is 13.1 Å². The van der Waals surface area contributed by atoms with Crippen molar-refractivity contribution in [3.63, 3.8) is 0 Å². The summed E-state index contributed by atoms with van der Waals surface area (Å²) in [4.78, 5) is 11.9. The van der Waals surface area contributed by atoms with Gasteiger partial charge in [0.25, 0.3) is 5.91 Å². The lowest BCUT2D eigenvalue weighted by molar-refractivity contribution is 0.0950. The van der Waals surface area contributed by atoms with Crippen LogP contribution in [0, 0.1) is 0 Å². The van der Waals surface area contributed by atoms with Gasteiger partial charge in [-0.1, -0.05) is 12.1 Å². The lowest BCUT2D eigenvalue weighted by atomic mass is 10.1. The maximum Gasteiger partial charge on any atom is 0.251 e. The second-order valence-corrected chi connectivity index (χ2v) is 6.92. The second kappa shape index (κ2) is 8.11. The van der Waals surface area contributed by atoms with E-state index in [1.54, 1.807) is 31.2 Å². The van der Waals surface area contributed by atoms with Crippen LogP contribution in [0.1, 0.15) is 29.8 Å². The minimum Gasteiger partial charge on any atom is -0.350 e. The molecule has 1 aromatic carbocycles. The van der Waals surface area contributed by atoms with Gasteiger partial charge >= 0.3 is 0 Å². The van der Waals surface area contributed by atoms with Gasteiger partial charge in [-0.3, -0.25) is 4.79 Å². The number of hydrogen-bond acceptors (Lipinski definition) is 4. The van der Waals surface area contributed by atoms with Gasteiger partial charge in [0.2, 0.25) is 10.0 Å². The SMILES string of the molecule is CCS(=O)(=O)NCc1ccc(C(=O)NCC(C)NC)cc1. The third-order valence-corrected chi connectivity index (χ3v) is 4.50. The van der Waals surface area contributed by atoms with Gasteiger partial charge in [0, 0.05) is 24.7 Å². The molecule has 0 radical (unpaired) electrons. The molecule has 1 aromatic rings. The van der Waals surface area contributed by atoms with Crippen LogP contribution >= 0.6 is 0 Å². The molecule has 1 amide bonds. The Morgan fingerprint density at radius 2 is 1.86 bits per heavy atom. The Labute approximate surface area is 126 Å². The molecule has 0 fully saturated rings. The maximum absolute atomic E-state index is 11.9.